The van der Waals surface area contributed by atoms with Crippen LogP contribution in [0.3, 0.4) is 0 Å². The molecule has 1 N–H and O–H groups in total. The zero-order chi connectivity index (χ0) is 20.9. The number of rotatable bonds is 9. The van der Waals surface area contributed by atoms with Crippen LogP contribution in [0.5, 0.6) is 23.0 Å². The van der Waals surface area contributed by atoms with Crippen LogP contribution in [0.4, 0.5) is 0 Å². The molecule has 0 fully saturated rings. The molecule has 2 heterocycles. The summed E-state index contributed by atoms with van der Waals surface area (Å²) in [6, 6.07) is 10.6. The van der Waals surface area contributed by atoms with Crippen molar-refractivity contribution < 1.29 is 23.8 Å². The lowest BCUT2D eigenvalue weighted by Crippen LogP contribution is -2.25. The first-order chi connectivity index (χ1) is 14.7. The molecular weight excluding hydrogens is 420 g/mol. The van der Waals surface area contributed by atoms with Gasteiger partial charge in [0.15, 0.2) is 11.5 Å². The van der Waals surface area contributed by atoms with Crippen molar-refractivity contribution in [2.24, 2.45) is 5.16 Å². The lowest BCUT2D eigenvalue weighted by Gasteiger charge is -2.15. The maximum atomic E-state index is 5.67. The van der Waals surface area contributed by atoms with Gasteiger partial charge < -0.3 is 29.1 Å². The summed E-state index contributed by atoms with van der Waals surface area (Å²) < 4.78 is 22.1. The van der Waals surface area contributed by atoms with Crippen LogP contribution < -0.4 is 24.3 Å². The summed E-state index contributed by atoms with van der Waals surface area (Å²) in [5.74, 6) is 2.47. The first-order valence-electron chi connectivity index (χ1n) is 10.2. The highest BCUT2D eigenvalue weighted by Gasteiger charge is 2.30. The van der Waals surface area contributed by atoms with Gasteiger partial charge in [-0.2, -0.15) is 0 Å². The highest BCUT2D eigenvalue weighted by atomic mass is 35.5. The predicted octanol–water partition coefficient (Wildman–Crippen LogP) is 3.68. The number of hydrogen-bond donors (Lipinski definition) is 1. The van der Waals surface area contributed by atoms with E-state index in [-0.39, 0.29) is 25.3 Å². The molecule has 168 valence electrons. The summed E-state index contributed by atoms with van der Waals surface area (Å²) >= 11 is 0. The van der Waals surface area contributed by atoms with Crippen molar-refractivity contribution in [2.75, 3.05) is 34.1 Å². The van der Waals surface area contributed by atoms with Crippen molar-refractivity contribution in [3.05, 3.63) is 47.0 Å². The van der Waals surface area contributed by atoms with Crippen molar-refractivity contribution >= 4 is 18.1 Å². The van der Waals surface area contributed by atoms with Gasteiger partial charge in [-0.15, -0.1) is 12.4 Å². The molecule has 0 aliphatic carbocycles. The number of benzene rings is 2. The van der Waals surface area contributed by atoms with Crippen LogP contribution in [0.25, 0.3) is 0 Å². The molecule has 0 aromatic heterocycles. The minimum Gasteiger partial charge on any atom is -0.493 e. The second-order valence-electron chi connectivity index (χ2n) is 7.54. The number of oxime groups is 1. The van der Waals surface area contributed by atoms with Crippen molar-refractivity contribution in [3.8, 4) is 23.0 Å². The van der Waals surface area contributed by atoms with Crippen LogP contribution in [0.1, 0.15) is 23.1 Å². The molecule has 0 spiro atoms. The minimum absolute atomic E-state index is 0. The van der Waals surface area contributed by atoms with E-state index in [9.17, 15) is 0 Å². The van der Waals surface area contributed by atoms with Gasteiger partial charge in [-0.1, -0.05) is 35.0 Å². The standard InChI is InChI=1S/C23H28N2O5.ClH/c1-15-4-6-16(7-5-15)8-9-24-13-18-12-19(30-25-18)10-17-11-20(26-2)22-23(21(17)27-3)29-14-28-22;/h4-7,11,19,24H,8-10,12-14H2,1-3H3;1H. The molecule has 2 aliphatic heterocycles. The SMILES string of the molecule is COc1cc(CC2CC(CNCCc3ccc(C)cc3)=NO2)c(OC)c2c1OCO2.Cl. The minimum atomic E-state index is -0.0436. The van der Waals surface area contributed by atoms with Crippen LogP contribution in [0.15, 0.2) is 35.5 Å². The number of aryl methyl sites for hydroxylation is 1. The molecule has 1 atom stereocenters. The third kappa shape index (κ3) is 5.35. The van der Waals surface area contributed by atoms with Crippen LogP contribution in [-0.4, -0.2) is 45.9 Å². The Labute approximate surface area is 189 Å². The van der Waals surface area contributed by atoms with Crippen molar-refractivity contribution in [2.45, 2.75) is 32.3 Å². The van der Waals surface area contributed by atoms with Crippen LogP contribution in [-0.2, 0) is 17.7 Å². The number of hydrogen-bond acceptors (Lipinski definition) is 7. The zero-order valence-electron chi connectivity index (χ0n) is 18.1. The summed E-state index contributed by atoms with van der Waals surface area (Å²) in [6.45, 7) is 3.89. The highest BCUT2D eigenvalue weighted by molar-refractivity contribution is 5.87. The fourth-order valence-electron chi connectivity index (χ4n) is 3.76. The van der Waals surface area contributed by atoms with Gasteiger partial charge in [0, 0.05) is 24.9 Å². The quantitative estimate of drug-likeness (QED) is 0.590. The molecule has 0 saturated carbocycles. The molecule has 2 aliphatic rings. The Kier molecular flexibility index (Phi) is 7.87. The molecule has 8 heteroatoms. The highest BCUT2D eigenvalue weighted by Crippen LogP contribution is 2.49. The van der Waals surface area contributed by atoms with E-state index in [0.717, 1.165) is 37.2 Å². The van der Waals surface area contributed by atoms with E-state index in [1.165, 1.54) is 11.1 Å². The number of nitrogens with zero attached hydrogens (tertiary/aromatic N) is 1. The Hall–Kier alpha value is -2.64. The van der Waals surface area contributed by atoms with Gasteiger partial charge in [0.25, 0.3) is 0 Å². The maximum Gasteiger partial charge on any atom is 0.231 e. The molecule has 2 aromatic carbocycles. The summed E-state index contributed by atoms with van der Waals surface area (Å²) in [7, 11) is 3.24. The monoisotopic (exact) mass is 448 g/mol. The van der Waals surface area contributed by atoms with Crippen molar-refractivity contribution in [1.82, 2.24) is 5.32 Å². The topological polar surface area (TPSA) is 70.5 Å². The molecule has 0 saturated heterocycles. The molecule has 7 nitrogen and oxygen atoms in total. The first kappa shape index (κ1) is 23.0. The van der Waals surface area contributed by atoms with Gasteiger partial charge >= 0.3 is 0 Å². The normalized spacial score (nSPS) is 16.4. The molecule has 1 unspecified atom stereocenters. The van der Waals surface area contributed by atoms with Crippen LogP contribution in [0.2, 0.25) is 0 Å². The third-order valence-corrected chi connectivity index (χ3v) is 5.35. The van der Waals surface area contributed by atoms with Gasteiger partial charge in [-0.3, -0.25) is 0 Å². The van der Waals surface area contributed by atoms with Gasteiger partial charge in [0.2, 0.25) is 18.3 Å². The zero-order valence-corrected chi connectivity index (χ0v) is 18.9. The molecule has 4 rings (SSSR count). The summed E-state index contributed by atoms with van der Waals surface area (Å²) in [4.78, 5) is 5.67. The second kappa shape index (κ2) is 10.6. The fraction of sp³-hybridized carbons (Fsp3) is 0.435. The average molecular weight is 449 g/mol. The average Bonchev–Trinajstić information content (AvgIpc) is 3.42. The lowest BCUT2D eigenvalue weighted by atomic mass is 10.0. The predicted molar refractivity (Wildman–Crippen MR) is 121 cm³/mol. The van der Waals surface area contributed by atoms with Crippen molar-refractivity contribution in [3.63, 3.8) is 0 Å². The second-order valence-corrected chi connectivity index (χ2v) is 7.54. The Morgan fingerprint density at radius 3 is 2.61 bits per heavy atom. The molecule has 0 radical (unpaired) electrons. The van der Waals surface area contributed by atoms with E-state index < -0.39 is 0 Å². The number of ether oxygens (including phenoxy) is 4. The van der Waals surface area contributed by atoms with E-state index in [4.69, 9.17) is 23.8 Å². The lowest BCUT2D eigenvalue weighted by molar-refractivity contribution is 0.0853. The van der Waals surface area contributed by atoms with Gasteiger partial charge in [-0.05, 0) is 31.5 Å². The molecule has 2 aromatic rings. The molecule has 31 heavy (non-hydrogen) atoms. The van der Waals surface area contributed by atoms with Crippen LogP contribution in [0, 0.1) is 6.92 Å². The Bertz CT molecular complexity index is 917. The van der Waals surface area contributed by atoms with Gasteiger partial charge in [-0.25, -0.2) is 0 Å². The molecular formula is C23H29ClN2O5. The van der Waals surface area contributed by atoms with E-state index in [1.54, 1.807) is 14.2 Å². The smallest absolute Gasteiger partial charge is 0.231 e. The number of methoxy groups -OCH3 is 2. The first-order valence-corrected chi connectivity index (χ1v) is 10.2. The molecule has 0 bridgehead atoms. The van der Waals surface area contributed by atoms with E-state index in [1.807, 2.05) is 6.07 Å². The fourth-order valence-corrected chi connectivity index (χ4v) is 3.76. The Balaban J connectivity index is 0.00000272. The van der Waals surface area contributed by atoms with Gasteiger partial charge in [0.1, 0.15) is 6.10 Å². The number of halogens is 1. The maximum absolute atomic E-state index is 5.67. The van der Waals surface area contributed by atoms with Gasteiger partial charge in [0.05, 0.1) is 19.9 Å². The van der Waals surface area contributed by atoms with Crippen molar-refractivity contribution in [1.29, 1.82) is 0 Å². The Morgan fingerprint density at radius 2 is 1.87 bits per heavy atom. The molecule has 0 amide bonds. The summed E-state index contributed by atoms with van der Waals surface area (Å²) in [6.07, 6.45) is 2.37. The number of fused-ring (bicyclic) bond motifs is 1. The van der Waals surface area contributed by atoms with Crippen LogP contribution >= 0.6 is 12.4 Å². The van der Waals surface area contributed by atoms with E-state index >= 15 is 0 Å². The Morgan fingerprint density at radius 1 is 1.10 bits per heavy atom. The largest absolute Gasteiger partial charge is 0.493 e. The summed E-state index contributed by atoms with van der Waals surface area (Å²) in [5.41, 5.74) is 4.59. The third-order valence-electron chi connectivity index (χ3n) is 5.35. The number of nitrogens with one attached hydrogen (secondary N) is 1. The van der Waals surface area contributed by atoms with E-state index in [2.05, 4.69) is 41.7 Å². The summed E-state index contributed by atoms with van der Waals surface area (Å²) in [5, 5.41) is 7.72. The van der Waals surface area contributed by atoms with E-state index in [0.29, 0.717) is 29.4 Å².